The molecule has 2 aromatic carbocycles. The first-order valence-corrected chi connectivity index (χ1v) is 9.49. The molecule has 0 atom stereocenters. The Bertz CT molecular complexity index is 1050. The highest BCUT2D eigenvalue weighted by molar-refractivity contribution is 8.19. The van der Waals surface area contributed by atoms with Crippen molar-refractivity contribution in [2.24, 2.45) is 4.99 Å². The number of nitrogens with zero attached hydrogens (tertiary/aromatic N) is 3. The van der Waals surface area contributed by atoms with Gasteiger partial charge >= 0.3 is 0 Å². The third-order valence-electron chi connectivity index (χ3n) is 4.07. The van der Waals surface area contributed by atoms with Crippen molar-refractivity contribution in [1.82, 2.24) is 4.98 Å². The summed E-state index contributed by atoms with van der Waals surface area (Å²) < 4.78 is 5.27. The number of anilines is 1. The molecule has 0 radical (unpaired) electrons. The molecule has 0 bridgehead atoms. The molecule has 1 aliphatic heterocycles. The van der Waals surface area contributed by atoms with Gasteiger partial charge in [-0.15, -0.1) is 0 Å². The summed E-state index contributed by atoms with van der Waals surface area (Å²) in [6.45, 7) is 0. The highest BCUT2D eigenvalue weighted by Gasteiger charge is 2.34. The Kier molecular flexibility index (Phi) is 5.21. The number of rotatable bonds is 4. The molecule has 4 rings (SSSR count). The van der Waals surface area contributed by atoms with E-state index >= 15 is 0 Å². The molecular weight excluding hydrogens is 370 g/mol. The van der Waals surface area contributed by atoms with Crippen molar-refractivity contribution < 1.29 is 9.53 Å². The molecule has 1 saturated heterocycles. The second kappa shape index (κ2) is 8.10. The molecule has 5 nitrogen and oxygen atoms in total. The molecule has 6 heteroatoms. The first kappa shape index (κ1) is 18.0. The van der Waals surface area contributed by atoms with Gasteiger partial charge in [0.1, 0.15) is 5.75 Å². The van der Waals surface area contributed by atoms with Gasteiger partial charge in [0.05, 0.1) is 17.7 Å². The number of benzene rings is 2. The van der Waals surface area contributed by atoms with E-state index in [1.807, 2.05) is 78.9 Å². The third kappa shape index (κ3) is 3.82. The van der Waals surface area contributed by atoms with Crippen LogP contribution in [0.1, 0.15) is 5.56 Å². The number of aliphatic imine (C=N–C) groups is 1. The van der Waals surface area contributed by atoms with Crippen LogP contribution in [-0.2, 0) is 4.79 Å². The predicted octanol–water partition coefficient (Wildman–Crippen LogP) is 4.90. The van der Waals surface area contributed by atoms with Crippen LogP contribution < -0.4 is 9.64 Å². The van der Waals surface area contributed by atoms with Crippen LogP contribution >= 0.6 is 11.8 Å². The summed E-state index contributed by atoms with van der Waals surface area (Å²) in [5.74, 6) is 1.18. The van der Waals surface area contributed by atoms with Crippen LogP contribution in [-0.4, -0.2) is 23.2 Å². The van der Waals surface area contributed by atoms with Crippen molar-refractivity contribution in [1.29, 1.82) is 0 Å². The first-order valence-electron chi connectivity index (χ1n) is 8.67. The quantitative estimate of drug-likeness (QED) is 0.598. The number of hydrogen-bond acceptors (Lipinski definition) is 5. The molecule has 1 amide bonds. The van der Waals surface area contributed by atoms with Crippen LogP contribution in [0, 0.1) is 0 Å². The number of amides is 1. The van der Waals surface area contributed by atoms with Gasteiger partial charge in [-0.2, -0.15) is 0 Å². The number of hydrogen-bond donors (Lipinski definition) is 0. The summed E-state index contributed by atoms with van der Waals surface area (Å²) in [7, 11) is 1.62. The summed E-state index contributed by atoms with van der Waals surface area (Å²) in [6.07, 6.45) is 3.53. The number of carbonyl (C=O) groups is 1. The summed E-state index contributed by atoms with van der Waals surface area (Å²) in [5, 5.41) is 0.573. The minimum Gasteiger partial charge on any atom is -0.497 e. The Morgan fingerprint density at radius 1 is 1.04 bits per heavy atom. The molecule has 1 fully saturated rings. The zero-order valence-electron chi connectivity index (χ0n) is 15.1. The minimum atomic E-state index is -0.117. The molecule has 0 aliphatic carbocycles. The molecule has 0 saturated carbocycles. The number of pyridine rings is 1. The van der Waals surface area contributed by atoms with Crippen molar-refractivity contribution in [3.8, 4) is 5.75 Å². The summed E-state index contributed by atoms with van der Waals surface area (Å²) in [5.41, 5.74) is 1.66. The number of methoxy groups -OCH3 is 1. The Morgan fingerprint density at radius 3 is 2.61 bits per heavy atom. The second-order valence-electron chi connectivity index (χ2n) is 5.95. The Balaban J connectivity index is 1.76. The summed E-state index contributed by atoms with van der Waals surface area (Å²) >= 11 is 1.33. The van der Waals surface area contributed by atoms with Crippen LogP contribution in [0.4, 0.5) is 11.5 Å². The lowest BCUT2D eigenvalue weighted by Crippen LogP contribution is -2.28. The van der Waals surface area contributed by atoms with Crippen LogP contribution in [0.15, 0.2) is 88.9 Å². The first-order chi connectivity index (χ1) is 13.7. The van der Waals surface area contributed by atoms with Gasteiger partial charge in [0.15, 0.2) is 11.0 Å². The molecule has 3 aromatic rings. The Labute approximate surface area is 167 Å². The van der Waals surface area contributed by atoms with Crippen LogP contribution in [0.2, 0.25) is 0 Å². The number of aromatic nitrogens is 1. The van der Waals surface area contributed by atoms with E-state index in [2.05, 4.69) is 9.98 Å². The minimum absolute atomic E-state index is 0.117. The topological polar surface area (TPSA) is 54.8 Å². The number of amidine groups is 1. The van der Waals surface area contributed by atoms with E-state index in [0.717, 1.165) is 17.0 Å². The van der Waals surface area contributed by atoms with Gasteiger partial charge in [0.25, 0.3) is 5.91 Å². The molecule has 138 valence electrons. The molecule has 2 heterocycles. The van der Waals surface area contributed by atoms with E-state index < -0.39 is 0 Å². The predicted molar refractivity (Wildman–Crippen MR) is 114 cm³/mol. The fourth-order valence-electron chi connectivity index (χ4n) is 2.75. The third-order valence-corrected chi connectivity index (χ3v) is 5.04. The number of ether oxygens (including phenoxy) is 1. The number of carbonyl (C=O) groups excluding carboxylic acids is 1. The van der Waals surface area contributed by atoms with Crippen LogP contribution in [0.5, 0.6) is 5.75 Å². The highest BCUT2D eigenvalue weighted by Crippen LogP contribution is 2.37. The number of thioether (sulfide) groups is 1. The lowest BCUT2D eigenvalue weighted by Gasteiger charge is -2.15. The normalized spacial score (nSPS) is 16.8. The number of para-hydroxylation sites is 1. The molecule has 0 N–H and O–H groups in total. The Morgan fingerprint density at radius 2 is 1.86 bits per heavy atom. The van der Waals surface area contributed by atoms with Gasteiger partial charge in [0.2, 0.25) is 0 Å². The van der Waals surface area contributed by atoms with Gasteiger partial charge in [0, 0.05) is 6.20 Å². The van der Waals surface area contributed by atoms with Gasteiger partial charge in [-0.3, -0.25) is 9.69 Å². The second-order valence-corrected chi connectivity index (χ2v) is 6.95. The van der Waals surface area contributed by atoms with E-state index in [0.29, 0.717) is 15.9 Å². The summed E-state index contributed by atoms with van der Waals surface area (Å²) in [6, 6.07) is 22.6. The van der Waals surface area contributed by atoms with Gasteiger partial charge < -0.3 is 4.74 Å². The fourth-order valence-corrected chi connectivity index (χ4v) is 3.74. The van der Waals surface area contributed by atoms with Gasteiger partial charge in [-0.1, -0.05) is 36.4 Å². The van der Waals surface area contributed by atoms with E-state index in [4.69, 9.17) is 4.74 Å². The zero-order valence-corrected chi connectivity index (χ0v) is 16.0. The van der Waals surface area contributed by atoms with Gasteiger partial charge in [-0.05, 0) is 59.8 Å². The molecule has 28 heavy (non-hydrogen) atoms. The van der Waals surface area contributed by atoms with E-state index in [1.165, 1.54) is 11.8 Å². The molecule has 0 unspecified atom stereocenters. The molecule has 0 spiro atoms. The summed E-state index contributed by atoms with van der Waals surface area (Å²) in [4.78, 5) is 24.2. The van der Waals surface area contributed by atoms with Crippen molar-refractivity contribution in [2.45, 2.75) is 0 Å². The lowest BCUT2D eigenvalue weighted by atomic mass is 10.2. The van der Waals surface area contributed by atoms with E-state index in [9.17, 15) is 4.79 Å². The van der Waals surface area contributed by atoms with Crippen molar-refractivity contribution in [3.63, 3.8) is 0 Å². The molecular formula is C22H17N3O2S. The van der Waals surface area contributed by atoms with Crippen molar-refractivity contribution in [3.05, 3.63) is 89.5 Å². The zero-order chi connectivity index (χ0) is 19.3. The van der Waals surface area contributed by atoms with E-state index in [-0.39, 0.29) is 5.91 Å². The maximum atomic E-state index is 13.2. The smallest absolute Gasteiger partial charge is 0.271 e. The van der Waals surface area contributed by atoms with E-state index in [1.54, 1.807) is 18.2 Å². The van der Waals surface area contributed by atoms with Crippen LogP contribution in [0.3, 0.4) is 0 Å². The monoisotopic (exact) mass is 387 g/mol. The van der Waals surface area contributed by atoms with Crippen LogP contribution in [0.25, 0.3) is 6.08 Å². The average Bonchev–Trinajstić information content (AvgIpc) is 3.04. The molecule has 1 aliphatic rings. The fraction of sp³-hybridized carbons (Fsp3) is 0.0455. The molecule has 1 aromatic heterocycles. The SMILES string of the molecule is COc1cccc(/C=C2\S/C(=N/c3ccccn3)N(c3ccccc3)C2=O)c1. The van der Waals surface area contributed by atoms with Crippen molar-refractivity contribution >= 4 is 40.4 Å². The van der Waals surface area contributed by atoms with Crippen molar-refractivity contribution in [2.75, 3.05) is 12.0 Å². The van der Waals surface area contributed by atoms with Gasteiger partial charge in [-0.25, -0.2) is 9.98 Å². The standard InChI is InChI=1S/C22H17N3O2S/c1-27-18-11-7-8-16(14-18)15-19-21(26)25(17-9-3-2-4-10-17)22(28-19)24-20-12-5-6-13-23-20/h2-15H,1H3/b19-15-,24-22+. The Hall–Kier alpha value is -3.38. The highest BCUT2D eigenvalue weighted by atomic mass is 32.2. The maximum absolute atomic E-state index is 13.2. The largest absolute Gasteiger partial charge is 0.497 e. The average molecular weight is 387 g/mol. The lowest BCUT2D eigenvalue weighted by molar-refractivity contribution is -0.113. The maximum Gasteiger partial charge on any atom is 0.271 e.